The highest BCUT2D eigenvalue weighted by molar-refractivity contribution is 5.91. The summed E-state index contributed by atoms with van der Waals surface area (Å²) in [6.45, 7) is 2.06. The molecule has 3 rings (SSSR count). The predicted octanol–water partition coefficient (Wildman–Crippen LogP) is 3.45. The number of carbonyl (C=O) groups excluding carboxylic acids is 1. The van der Waals surface area contributed by atoms with Crippen LogP contribution in [0.25, 0.3) is 0 Å². The van der Waals surface area contributed by atoms with E-state index in [0.717, 1.165) is 37.0 Å². The molecule has 3 heteroatoms. The molecule has 0 spiro atoms. The fourth-order valence-electron chi connectivity index (χ4n) is 2.78. The third-order valence-corrected chi connectivity index (χ3v) is 4.29. The summed E-state index contributed by atoms with van der Waals surface area (Å²) in [5, 5.41) is 3.16. The summed E-state index contributed by atoms with van der Waals surface area (Å²) < 4.78 is 5.33. The van der Waals surface area contributed by atoms with E-state index in [4.69, 9.17) is 4.42 Å². The molecule has 1 N–H and O–H groups in total. The highest BCUT2D eigenvalue weighted by Crippen LogP contribution is 2.48. The largest absolute Gasteiger partial charge is 0.469 e. The van der Waals surface area contributed by atoms with Gasteiger partial charge < -0.3 is 9.73 Å². The van der Waals surface area contributed by atoms with Crippen LogP contribution in [0.1, 0.15) is 37.5 Å². The van der Waals surface area contributed by atoms with Gasteiger partial charge >= 0.3 is 0 Å². The van der Waals surface area contributed by atoms with Crippen molar-refractivity contribution in [3.63, 3.8) is 0 Å². The molecule has 1 atom stereocenters. The lowest BCUT2D eigenvalue weighted by molar-refractivity contribution is -0.124. The number of benzene rings is 1. The standard InChI is InChI=1S/C18H21NO2/c1-14(9-10-16-8-5-13-21-16)19-17(20)18(11-12-18)15-6-3-2-4-7-15/h2-8,13-14H,9-12H2,1H3,(H,19,20)/t14-/m0/s1. The Bertz CT molecular complexity index is 585. The van der Waals surface area contributed by atoms with Gasteiger partial charge in [-0.25, -0.2) is 0 Å². The van der Waals surface area contributed by atoms with Crippen LogP contribution in [0.2, 0.25) is 0 Å². The third-order valence-electron chi connectivity index (χ3n) is 4.29. The Morgan fingerprint density at radius 1 is 1.24 bits per heavy atom. The summed E-state index contributed by atoms with van der Waals surface area (Å²) in [7, 11) is 0. The number of amides is 1. The molecule has 1 fully saturated rings. The van der Waals surface area contributed by atoms with E-state index in [1.165, 1.54) is 0 Å². The molecule has 0 aliphatic heterocycles. The van der Waals surface area contributed by atoms with Gasteiger partial charge in [0.25, 0.3) is 0 Å². The van der Waals surface area contributed by atoms with Crippen molar-refractivity contribution in [1.82, 2.24) is 5.32 Å². The van der Waals surface area contributed by atoms with Gasteiger partial charge in [0, 0.05) is 12.5 Å². The van der Waals surface area contributed by atoms with Crippen molar-refractivity contribution in [1.29, 1.82) is 0 Å². The molecule has 1 aromatic carbocycles. The van der Waals surface area contributed by atoms with Crippen molar-refractivity contribution in [2.75, 3.05) is 0 Å². The maximum absolute atomic E-state index is 12.6. The monoisotopic (exact) mass is 283 g/mol. The van der Waals surface area contributed by atoms with Gasteiger partial charge in [0.15, 0.2) is 0 Å². The lowest BCUT2D eigenvalue weighted by Crippen LogP contribution is -2.40. The van der Waals surface area contributed by atoms with Crippen LogP contribution < -0.4 is 5.32 Å². The topological polar surface area (TPSA) is 42.2 Å². The van der Waals surface area contributed by atoms with E-state index in [1.807, 2.05) is 30.3 Å². The number of carbonyl (C=O) groups is 1. The fourth-order valence-corrected chi connectivity index (χ4v) is 2.78. The molecule has 21 heavy (non-hydrogen) atoms. The van der Waals surface area contributed by atoms with Crippen molar-refractivity contribution < 1.29 is 9.21 Å². The van der Waals surface area contributed by atoms with Crippen LogP contribution in [-0.4, -0.2) is 11.9 Å². The SMILES string of the molecule is C[C@@H](CCc1ccco1)NC(=O)C1(c2ccccc2)CC1. The molecule has 2 aromatic rings. The Morgan fingerprint density at radius 3 is 2.62 bits per heavy atom. The summed E-state index contributed by atoms with van der Waals surface area (Å²) in [5.41, 5.74) is 0.862. The molecule has 1 aliphatic carbocycles. The summed E-state index contributed by atoms with van der Waals surface area (Å²) in [5.74, 6) is 1.14. The van der Waals surface area contributed by atoms with Crippen LogP contribution in [0.5, 0.6) is 0 Å². The first-order valence-corrected chi connectivity index (χ1v) is 7.59. The average Bonchev–Trinajstić information content (AvgIpc) is 3.16. The quantitative estimate of drug-likeness (QED) is 0.882. The molecule has 1 aliphatic rings. The molecule has 1 amide bonds. The number of aryl methyl sites for hydroxylation is 1. The highest BCUT2D eigenvalue weighted by atomic mass is 16.3. The smallest absolute Gasteiger partial charge is 0.230 e. The second kappa shape index (κ2) is 5.76. The lowest BCUT2D eigenvalue weighted by Gasteiger charge is -2.19. The number of hydrogen-bond acceptors (Lipinski definition) is 2. The molecule has 3 nitrogen and oxygen atoms in total. The molecule has 0 radical (unpaired) electrons. The van der Waals surface area contributed by atoms with Crippen molar-refractivity contribution in [3.05, 3.63) is 60.1 Å². The van der Waals surface area contributed by atoms with Gasteiger partial charge in [0.1, 0.15) is 5.76 Å². The minimum atomic E-state index is -0.278. The fraction of sp³-hybridized carbons (Fsp3) is 0.389. The van der Waals surface area contributed by atoms with Gasteiger partial charge in [-0.1, -0.05) is 30.3 Å². The first-order chi connectivity index (χ1) is 10.2. The summed E-state index contributed by atoms with van der Waals surface area (Å²) in [6, 6.07) is 14.1. The molecule has 0 saturated heterocycles. The van der Waals surface area contributed by atoms with Crippen molar-refractivity contribution in [3.8, 4) is 0 Å². The first-order valence-electron chi connectivity index (χ1n) is 7.59. The molecule has 1 heterocycles. The predicted molar refractivity (Wildman–Crippen MR) is 82.0 cm³/mol. The van der Waals surface area contributed by atoms with Crippen molar-refractivity contribution in [2.45, 2.75) is 44.1 Å². The second-order valence-corrected chi connectivity index (χ2v) is 5.94. The van der Waals surface area contributed by atoms with E-state index in [9.17, 15) is 4.79 Å². The Hall–Kier alpha value is -2.03. The Kier molecular flexibility index (Phi) is 3.82. The molecule has 1 aromatic heterocycles. The second-order valence-electron chi connectivity index (χ2n) is 5.94. The van der Waals surface area contributed by atoms with Crippen LogP contribution in [0.15, 0.2) is 53.1 Å². The zero-order valence-corrected chi connectivity index (χ0v) is 12.3. The molecule has 1 saturated carbocycles. The molecular weight excluding hydrogens is 262 g/mol. The average molecular weight is 283 g/mol. The van der Waals surface area contributed by atoms with Gasteiger partial charge in [-0.15, -0.1) is 0 Å². The van der Waals surface area contributed by atoms with Crippen LogP contribution in [0.3, 0.4) is 0 Å². The Labute approximate surface area is 125 Å². The van der Waals surface area contributed by atoms with Gasteiger partial charge in [0.05, 0.1) is 11.7 Å². The molecule has 0 unspecified atom stereocenters. The number of furan rings is 1. The normalized spacial score (nSPS) is 17.2. The number of hydrogen-bond donors (Lipinski definition) is 1. The maximum atomic E-state index is 12.6. The van der Waals surface area contributed by atoms with E-state index in [2.05, 4.69) is 24.4 Å². The summed E-state index contributed by atoms with van der Waals surface area (Å²) in [6.07, 6.45) is 5.34. The van der Waals surface area contributed by atoms with Gasteiger partial charge in [-0.3, -0.25) is 4.79 Å². The summed E-state index contributed by atoms with van der Waals surface area (Å²) >= 11 is 0. The van der Waals surface area contributed by atoms with Crippen LogP contribution >= 0.6 is 0 Å². The molecule has 0 bridgehead atoms. The minimum absolute atomic E-state index is 0.156. The summed E-state index contributed by atoms with van der Waals surface area (Å²) in [4.78, 5) is 12.6. The van der Waals surface area contributed by atoms with Crippen molar-refractivity contribution >= 4 is 5.91 Å². The van der Waals surface area contributed by atoms with E-state index >= 15 is 0 Å². The Balaban J connectivity index is 1.56. The van der Waals surface area contributed by atoms with E-state index in [0.29, 0.717) is 0 Å². The lowest BCUT2D eigenvalue weighted by atomic mass is 9.94. The Morgan fingerprint density at radius 2 is 2.00 bits per heavy atom. The minimum Gasteiger partial charge on any atom is -0.469 e. The van der Waals surface area contributed by atoms with Gasteiger partial charge in [0.2, 0.25) is 5.91 Å². The maximum Gasteiger partial charge on any atom is 0.230 e. The zero-order chi connectivity index (χ0) is 14.7. The van der Waals surface area contributed by atoms with E-state index in [-0.39, 0.29) is 17.4 Å². The number of rotatable bonds is 6. The van der Waals surface area contributed by atoms with E-state index in [1.54, 1.807) is 6.26 Å². The van der Waals surface area contributed by atoms with Crippen molar-refractivity contribution in [2.24, 2.45) is 0 Å². The first kappa shape index (κ1) is 13.9. The third kappa shape index (κ3) is 3.02. The van der Waals surface area contributed by atoms with Crippen LogP contribution in [-0.2, 0) is 16.6 Å². The number of nitrogens with one attached hydrogen (secondary N) is 1. The van der Waals surface area contributed by atoms with Gasteiger partial charge in [-0.2, -0.15) is 0 Å². The highest BCUT2D eigenvalue weighted by Gasteiger charge is 2.51. The van der Waals surface area contributed by atoms with Crippen LogP contribution in [0.4, 0.5) is 0 Å². The van der Waals surface area contributed by atoms with Crippen LogP contribution in [0, 0.1) is 0 Å². The van der Waals surface area contributed by atoms with Gasteiger partial charge in [-0.05, 0) is 43.9 Å². The molecule has 110 valence electrons. The van der Waals surface area contributed by atoms with E-state index < -0.39 is 0 Å². The zero-order valence-electron chi connectivity index (χ0n) is 12.3. The molecular formula is C18H21NO2.